The Balaban J connectivity index is 1.87. The number of likely N-dealkylation sites (tertiary alicyclic amines) is 1. The number of carbonyl (C=O) groups is 2. The molecule has 2 fully saturated rings. The molecule has 2 amide bonds. The first-order valence-electron chi connectivity index (χ1n) is 9.87. The van der Waals surface area contributed by atoms with E-state index in [1.807, 2.05) is 0 Å². The molecule has 29 heavy (non-hydrogen) atoms. The summed E-state index contributed by atoms with van der Waals surface area (Å²) in [5.74, 6) is -2.09. The number of ether oxygens (including phenoxy) is 2. The lowest BCUT2D eigenvalue weighted by Crippen LogP contribution is -2.55. The Hall–Kier alpha value is -2.38. The second-order valence-corrected chi connectivity index (χ2v) is 8.81. The molecule has 1 aliphatic heterocycles. The summed E-state index contributed by atoms with van der Waals surface area (Å²) < 4.78 is 39.7. The van der Waals surface area contributed by atoms with E-state index in [0.29, 0.717) is 12.5 Å². The van der Waals surface area contributed by atoms with E-state index in [1.54, 1.807) is 25.7 Å². The van der Waals surface area contributed by atoms with Gasteiger partial charge in [0.05, 0.1) is 13.2 Å². The number of nitrogens with one attached hydrogen (secondary N) is 1. The number of alkyl carbamates (subject to hydrolysis) is 1. The standard InChI is InChI=1S/C21H28F2N2O4/c1-21(2,3)29-20(27)24-17-11-25(10-12-5-6-12)18(26)9-14(17)19-15(22)7-13(28-4)8-16(19)23/h7-8,12,14,17H,5-6,9-11H2,1-4H3,(H,24,27)/t14-,17-/m1/s1. The van der Waals surface area contributed by atoms with Crippen LogP contribution in [0.25, 0.3) is 0 Å². The zero-order valence-electron chi connectivity index (χ0n) is 17.3. The van der Waals surface area contributed by atoms with Gasteiger partial charge in [-0.1, -0.05) is 0 Å². The number of carbonyl (C=O) groups excluding carboxylic acids is 2. The number of amides is 2. The van der Waals surface area contributed by atoms with Crippen LogP contribution < -0.4 is 10.1 Å². The molecule has 0 aromatic heterocycles. The third-order valence-corrected chi connectivity index (χ3v) is 5.19. The van der Waals surface area contributed by atoms with Gasteiger partial charge in [0, 0.05) is 43.1 Å². The quantitative estimate of drug-likeness (QED) is 0.806. The van der Waals surface area contributed by atoms with Crippen LogP contribution in [0, 0.1) is 17.6 Å². The summed E-state index contributed by atoms with van der Waals surface area (Å²) in [5.41, 5.74) is -0.930. The van der Waals surface area contributed by atoms with Crippen LogP contribution in [-0.4, -0.2) is 48.7 Å². The molecular formula is C21H28F2N2O4. The monoisotopic (exact) mass is 410 g/mol. The number of halogens is 2. The Morgan fingerprint density at radius 1 is 1.24 bits per heavy atom. The summed E-state index contributed by atoms with van der Waals surface area (Å²) in [4.78, 5) is 26.7. The normalized spacial score (nSPS) is 22.4. The summed E-state index contributed by atoms with van der Waals surface area (Å²) >= 11 is 0. The molecule has 160 valence electrons. The van der Waals surface area contributed by atoms with Gasteiger partial charge in [-0.2, -0.15) is 0 Å². The number of piperidine rings is 1. The highest BCUT2D eigenvalue weighted by Crippen LogP contribution is 2.37. The van der Waals surface area contributed by atoms with Crippen molar-refractivity contribution < 1.29 is 27.8 Å². The topological polar surface area (TPSA) is 67.9 Å². The van der Waals surface area contributed by atoms with Crippen molar-refractivity contribution in [1.82, 2.24) is 10.2 Å². The predicted octanol–water partition coefficient (Wildman–Crippen LogP) is 3.59. The highest BCUT2D eigenvalue weighted by atomic mass is 19.1. The fourth-order valence-corrected chi connectivity index (χ4v) is 3.66. The number of hydrogen-bond acceptors (Lipinski definition) is 4. The summed E-state index contributed by atoms with van der Waals surface area (Å²) in [7, 11) is 1.32. The van der Waals surface area contributed by atoms with Crippen molar-refractivity contribution >= 4 is 12.0 Å². The van der Waals surface area contributed by atoms with Crippen LogP contribution in [0.15, 0.2) is 12.1 Å². The number of rotatable bonds is 5. The van der Waals surface area contributed by atoms with Gasteiger partial charge in [-0.05, 0) is 39.5 Å². The lowest BCUT2D eigenvalue weighted by Gasteiger charge is -2.39. The van der Waals surface area contributed by atoms with E-state index >= 15 is 0 Å². The molecule has 3 rings (SSSR count). The van der Waals surface area contributed by atoms with Crippen molar-refractivity contribution in [3.63, 3.8) is 0 Å². The van der Waals surface area contributed by atoms with Crippen LogP contribution >= 0.6 is 0 Å². The number of benzene rings is 1. The van der Waals surface area contributed by atoms with Crippen molar-refractivity contribution in [1.29, 1.82) is 0 Å². The van der Waals surface area contributed by atoms with Crippen molar-refractivity contribution in [2.24, 2.45) is 5.92 Å². The zero-order valence-corrected chi connectivity index (χ0v) is 17.3. The fourth-order valence-electron chi connectivity index (χ4n) is 3.66. The van der Waals surface area contributed by atoms with Gasteiger partial charge in [0.25, 0.3) is 0 Å². The van der Waals surface area contributed by atoms with E-state index in [1.165, 1.54) is 7.11 Å². The number of methoxy groups -OCH3 is 1. The van der Waals surface area contributed by atoms with Crippen LogP contribution in [0.1, 0.15) is 51.5 Å². The fraction of sp³-hybridized carbons (Fsp3) is 0.619. The van der Waals surface area contributed by atoms with Gasteiger partial charge >= 0.3 is 6.09 Å². The van der Waals surface area contributed by atoms with Crippen molar-refractivity contribution in [3.05, 3.63) is 29.3 Å². The van der Waals surface area contributed by atoms with Crippen LogP contribution in [0.3, 0.4) is 0 Å². The summed E-state index contributed by atoms with van der Waals surface area (Å²) in [6.45, 7) is 5.99. The average Bonchev–Trinajstić information content (AvgIpc) is 3.40. The molecule has 8 heteroatoms. The molecule has 1 N–H and O–H groups in total. The highest BCUT2D eigenvalue weighted by molar-refractivity contribution is 5.79. The second-order valence-electron chi connectivity index (χ2n) is 8.81. The first-order valence-corrected chi connectivity index (χ1v) is 9.87. The summed E-state index contributed by atoms with van der Waals surface area (Å²) in [6.07, 6.45) is 1.37. The van der Waals surface area contributed by atoms with Crippen LogP contribution in [-0.2, 0) is 9.53 Å². The molecule has 1 aromatic carbocycles. The minimum Gasteiger partial charge on any atom is -0.497 e. The van der Waals surface area contributed by atoms with E-state index in [0.717, 1.165) is 25.0 Å². The lowest BCUT2D eigenvalue weighted by atomic mass is 9.84. The minimum absolute atomic E-state index is 0.0536. The molecule has 1 saturated carbocycles. The van der Waals surface area contributed by atoms with E-state index in [2.05, 4.69) is 5.32 Å². The zero-order chi connectivity index (χ0) is 21.3. The number of hydrogen-bond donors (Lipinski definition) is 1. The Bertz CT molecular complexity index is 766. The van der Waals surface area contributed by atoms with E-state index in [4.69, 9.17) is 9.47 Å². The van der Waals surface area contributed by atoms with Gasteiger partial charge in [-0.25, -0.2) is 13.6 Å². The minimum atomic E-state index is -0.837. The maximum atomic E-state index is 14.7. The molecule has 1 saturated heterocycles. The summed E-state index contributed by atoms with van der Waals surface area (Å²) in [6, 6.07) is 1.51. The first kappa shape index (κ1) is 21.3. The molecule has 2 atom stereocenters. The molecule has 0 bridgehead atoms. The van der Waals surface area contributed by atoms with Gasteiger partial charge in [0.15, 0.2) is 0 Å². The SMILES string of the molecule is COc1cc(F)c([C@@H]2CC(=O)N(CC3CC3)C[C@H]2NC(=O)OC(C)(C)C)c(F)c1. The third-order valence-electron chi connectivity index (χ3n) is 5.19. The molecule has 1 heterocycles. The Morgan fingerprint density at radius 3 is 2.38 bits per heavy atom. The molecule has 1 aromatic rings. The van der Waals surface area contributed by atoms with E-state index in [-0.39, 0.29) is 30.2 Å². The Kier molecular flexibility index (Phi) is 6.00. The predicted molar refractivity (Wildman–Crippen MR) is 103 cm³/mol. The third kappa shape index (κ3) is 5.36. The second kappa shape index (κ2) is 8.16. The van der Waals surface area contributed by atoms with E-state index in [9.17, 15) is 18.4 Å². The van der Waals surface area contributed by atoms with Crippen LogP contribution in [0.5, 0.6) is 5.75 Å². The molecule has 0 spiro atoms. The van der Waals surface area contributed by atoms with Gasteiger partial charge < -0.3 is 19.7 Å². The van der Waals surface area contributed by atoms with Gasteiger partial charge in [0.2, 0.25) is 5.91 Å². The van der Waals surface area contributed by atoms with Crippen molar-refractivity contribution in [3.8, 4) is 5.75 Å². The van der Waals surface area contributed by atoms with Crippen molar-refractivity contribution in [2.75, 3.05) is 20.2 Å². The Morgan fingerprint density at radius 2 is 1.86 bits per heavy atom. The number of nitrogens with zero attached hydrogens (tertiary/aromatic N) is 1. The molecule has 2 aliphatic rings. The molecule has 1 aliphatic carbocycles. The van der Waals surface area contributed by atoms with Gasteiger partial charge in [0.1, 0.15) is 23.0 Å². The smallest absolute Gasteiger partial charge is 0.407 e. The van der Waals surface area contributed by atoms with Gasteiger partial charge in [-0.15, -0.1) is 0 Å². The van der Waals surface area contributed by atoms with Gasteiger partial charge in [-0.3, -0.25) is 4.79 Å². The maximum absolute atomic E-state index is 14.7. The van der Waals surface area contributed by atoms with Crippen molar-refractivity contribution in [2.45, 2.75) is 57.6 Å². The van der Waals surface area contributed by atoms with Crippen LogP contribution in [0.4, 0.5) is 13.6 Å². The lowest BCUT2D eigenvalue weighted by molar-refractivity contribution is -0.135. The molecular weight excluding hydrogens is 382 g/mol. The average molecular weight is 410 g/mol. The van der Waals surface area contributed by atoms with Crippen LogP contribution in [0.2, 0.25) is 0 Å². The highest BCUT2D eigenvalue weighted by Gasteiger charge is 2.41. The Labute approximate surface area is 169 Å². The maximum Gasteiger partial charge on any atom is 0.407 e. The summed E-state index contributed by atoms with van der Waals surface area (Å²) in [5, 5.41) is 2.73. The van der Waals surface area contributed by atoms with E-state index < -0.39 is 35.3 Å². The molecule has 0 unspecified atom stereocenters. The largest absolute Gasteiger partial charge is 0.497 e. The molecule has 6 nitrogen and oxygen atoms in total. The molecule has 0 radical (unpaired) electrons. The first-order chi connectivity index (χ1) is 13.6.